The van der Waals surface area contributed by atoms with E-state index in [9.17, 15) is 29.4 Å². The number of aliphatic hydroxyl groups excluding tert-OH is 1. The summed E-state index contributed by atoms with van der Waals surface area (Å²) in [5.41, 5.74) is 1.27. The lowest BCUT2D eigenvalue weighted by Crippen LogP contribution is -2.60. The maximum Gasteiger partial charge on any atom is 0.334 e. The number of rotatable bonds is 12. The third-order valence-corrected chi connectivity index (χ3v) is 8.35. The second kappa shape index (κ2) is 14.6. The van der Waals surface area contributed by atoms with Crippen LogP contribution in [0.3, 0.4) is 0 Å². The number of hydrogen-bond acceptors (Lipinski definition) is 6. The largest absolute Gasteiger partial charge is 0.479 e. The number of carboxylic acids is 1. The molecule has 1 aliphatic heterocycles. The lowest BCUT2D eigenvalue weighted by molar-refractivity contribution is -0.149. The molecule has 0 aliphatic carbocycles. The quantitative estimate of drug-likeness (QED) is 0.315. The van der Waals surface area contributed by atoms with Crippen LogP contribution in [0.2, 0.25) is 13.1 Å². The fourth-order valence-corrected chi connectivity index (χ4v) is 5.72. The minimum Gasteiger partial charge on any atom is -0.479 e. The summed E-state index contributed by atoms with van der Waals surface area (Å²) in [5.74, 6) is -3.28. The van der Waals surface area contributed by atoms with Gasteiger partial charge >= 0.3 is 5.97 Å². The number of aliphatic hydroxyl groups is 1. The van der Waals surface area contributed by atoms with Gasteiger partial charge in [-0.05, 0) is 36.1 Å². The van der Waals surface area contributed by atoms with Crippen molar-refractivity contribution in [1.82, 2.24) is 15.1 Å². The number of carboxylic acid groups (broad SMARTS) is 1. The van der Waals surface area contributed by atoms with E-state index in [1.54, 1.807) is 54.7 Å². The van der Waals surface area contributed by atoms with Gasteiger partial charge in [0.25, 0.3) is 5.91 Å². The molecule has 43 heavy (non-hydrogen) atoms. The third kappa shape index (κ3) is 8.85. The fourth-order valence-electron chi connectivity index (χ4n) is 5.12. The van der Waals surface area contributed by atoms with E-state index >= 15 is 0 Å². The monoisotopic (exact) mass is 609 g/mol. The molecule has 0 bridgehead atoms. The van der Waals surface area contributed by atoms with Gasteiger partial charge in [0.15, 0.2) is 15.1 Å². The summed E-state index contributed by atoms with van der Waals surface area (Å²) in [5, 5.41) is 22.6. The summed E-state index contributed by atoms with van der Waals surface area (Å²) < 4.78 is 6.09. The van der Waals surface area contributed by atoms with E-state index < -0.39 is 62.9 Å². The van der Waals surface area contributed by atoms with Crippen molar-refractivity contribution in [2.75, 3.05) is 13.2 Å². The van der Waals surface area contributed by atoms with Gasteiger partial charge in [-0.1, -0.05) is 81.4 Å². The Morgan fingerprint density at radius 3 is 2.12 bits per heavy atom. The van der Waals surface area contributed by atoms with Crippen LogP contribution in [0.1, 0.15) is 38.8 Å². The average Bonchev–Trinajstić information content (AvgIpc) is 2.94. The second-order valence-electron chi connectivity index (χ2n) is 12.2. The van der Waals surface area contributed by atoms with Crippen molar-refractivity contribution in [1.29, 1.82) is 0 Å². The van der Waals surface area contributed by atoms with Crippen LogP contribution in [-0.2, 0) is 30.0 Å². The van der Waals surface area contributed by atoms with Gasteiger partial charge in [-0.3, -0.25) is 19.3 Å². The van der Waals surface area contributed by atoms with E-state index in [4.69, 9.17) is 4.43 Å². The predicted octanol–water partition coefficient (Wildman–Crippen LogP) is 2.88. The van der Waals surface area contributed by atoms with Gasteiger partial charge in [0.1, 0.15) is 12.6 Å². The summed E-state index contributed by atoms with van der Waals surface area (Å²) in [4.78, 5) is 55.4. The first-order valence-electron chi connectivity index (χ1n) is 14.4. The van der Waals surface area contributed by atoms with Gasteiger partial charge < -0.3 is 24.9 Å². The molecule has 1 heterocycles. The van der Waals surface area contributed by atoms with Crippen LogP contribution >= 0.6 is 0 Å². The van der Waals surface area contributed by atoms with Gasteiger partial charge in [-0.15, -0.1) is 0 Å². The Morgan fingerprint density at radius 1 is 1.02 bits per heavy atom. The lowest BCUT2D eigenvalue weighted by Gasteiger charge is -2.46. The number of carbonyl (C=O) groups is 4. The van der Waals surface area contributed by atoms with E-state index in [2.05, 4.69) is 5.32 Å². The highest BCUT2D eigenvalue weighted by molar-refractivity contribution is 6.48. The van der Waals surface area contributed by atoms with E-state index in [1.165, 1.54) is 16.7 Å². The maximum absolute atomic E-state index is 14.4. The van der Waals surface area contributed by atoms with Crippen molar-refractivity contribution in [2.45, 2.75) is 65.4 Å². The molecule has 0 saturated heterocycles. The first-order valence-corrected chi connectivity index (χ1v) is 17.2. The smallest absolute Gasteiger partial charge is 0.334 e. The molecule has 232 valence electrons. The van der Waals surface area contributed by atoms with Crippen LogP contribution in [0.4, 0.5) is 0 Å². The van der Waals surface area contributed by atoms with Crippen LogP contribution in [-0.4, -0.2) is 84.1 Å². The molecule has 1 aliphatic rings. The molecule has 3 N–H and O–H groups in total. The van der Waals surface area contributed by atoms with Crippen molar-refractivity contribution < 1.29 is 33.8 Å². The Balaban J connectivity index is 2.03. The van der Waals surface area contributed by atoms with E-state index in [0.717, 1.165) is 5.56 Å². The van der Waals surface area contributed by atoms with Gasteiger partial charge in [0.05, 0.1) is 11.7 Å². The Morgan fingerprint density at radius 2 is 1.60 bits per heavy atom. The van der Waals surface area contributed by atoms with Gasteiger partial charge in [-0.2, -0.15) is 0 Å². The zero-order valence-corrected chi connectivity index (χ0v) is 26.8. The summed E-state index contributed by atoms with van der Waals surface area (Å²) in [6, 6.07) is 15.8. The van der Waals surface area contributed by atoms with Crippen molar-refractivity contribution in [3.8, 4) is 0 Å². The van der Waals surface area contributed by atoms with Crippen LogP contribution in [0.15, 0.2) is 66.9 Å². The van der Waals surface area contributed by atoms with Crippen LogP contribution in [0.25, 0.3) is 5.70 Å². The highest BCUT2D eigenvalue weighted by atomic mass is 28.3. The van der Waals surface area contributed by atoms with Crippen LogP contribution < -0.4 is 5.32 Å². The summed E-state index contributed by atoms with van der Waals surface area (Å²) in [6.45, 7) is 11.3. The number of benzene rings is 2. The Labute approximate surface area is 255 Å². The number of aliphatic carboxylic acids is 1. The average molecular weight is 610 g/mol. The Kier molecular flexibility index (Phi) is 11.4. The molecule has 0 saturated carbocycles. The van der Waals surface area contributed by atoms with E-state index in [1.807, 2.05) is 46.0 Å². The number of nitrogens with one attached hydrogen (secondary N) is 1. The zero-order valence-electron chi connectivity index (χ0n) is 25.7. The number of carbonyl (C=O) groups excluding carboxylic acids is 3. The minimum atomic E-state index is -1.87. The molecule has 11 heteroatoms. The van der Waals surface area contributed by atoms with E-state index in [-0.39, 0.29) is 18.9 Å². The molecular weight excluding hydrogens is 566 g/mol. The fraction of sp³-hybridized carbons (Fsp3) is 0.438. The number of amides is 3. The number of hydrogen-bond donors (Lipinski definition) is 3. The molecule has 10 nitrogen and oxygen atoms in total. The van der Waals surface area contributed by atoms with Crippen LogP contribution in [0, 0.1) is 11.3 Å². The van der Waals surface area contributed by atoms with Gasteiger partial charge in [0, 0.05) is 25.6 Å². The molecule has 3 amide bonds. The number of nitrogens with zero attached hydrogens (tertiary/aromatic N) is 2. The first kappa shape index (κ1) is 33.7. The molecule has 3 unspecified atom stereocenters. The van der Waals surface area contributed by atoms with Gasteiger partial charge in [0.2, 0.25) is 11.8 Å². The topological polar surface area (TPSA) is 136 Å². The summed E-state index contributed by atoms with van der Waals surface area (Å²) >= 11 is 0. The first-order chi connectivity index (χ1) is 20.2. The predicted molar refractivity (Wildman–Crippen MR) is 166 cm³/mol. The SMILES string of the molecule is CC(=O)N1C=C(c2ccccc2)N(CC(=O)N[C@@H](Cc2ccccc2)C(O)C(=O)O)C(=O)C1C(CO[SiH](C)C)C(C)(C)C. The van der Waals surface area contributed by atoms with Crippen LogP contribution in [0.5, 0.6) is 0 Å². The van der Waals surface area contributed by atoms with Gasteiger partial charge in [-0.25, -0.2) is 4.79 Å². The molecule has 0 radical (unpaired) electrons. The zero-order chi connectivity index (χ0) is 31.9. The highest BCUT2D eigenvalue weighted by Gasteiger charge is 2.47. The molecule has 0 aromatic heterocycles. The van der Waals surface area contributed by atoms with E-state index in [0.29, 0.717) is 11.3 Å². The maximum atomic E-state index is 14.4. The second-order valence-corrected chi connectivity index (χ2v) is 14.6. The van der Waals surface area contributed by atoms with Crippen molar-refractivity contribution in [3.05, 3.63) is 78.0 Å². The molecule has 4 atom stereocenters. The van der Waals surface area contributed by atoms with Crippen molar-refractivity contribution >= 4 is 38.4 Å². The molecule has 2 aromatic rings. The third-order valence-electron chi connectivity index (χ3n) is 7.49. The molecule has 0 spiro atoms. The molecule has 3 rings (SSSR count). The minimum absolute atomic E-state index is 0.0681. The Bertz CT molecular complexity index is 1310. The molecule has 2 aromatic carbocycles. The standard InChI is InChI=1S/C32H43N3O7Si/c1-21(36)34-18-26(23-15-11-8-12-16-23)35(30(39)28(34)24(32(2,3)4)20-42-43(5)6)19-27(37)33-25(29(38)31(40)41)17-22-13-9-7-10-14-22/h7-16,18,24-25,28-29,38,43H,17,19-20H2,1-6H3,(H,33,37)(H,40,41)/t24?,25-,28?,29?/m0/s1. The normalized spacial score (nSPS) is 17.7. The summed E-state index contributed by atoms with van der Waals surface area (Å²) in [6.07, 6.45) is -0.191. The lowest BCUT2D eigenvalue weighted by atomic mass is 9.75. The summed E-state index contributed by atoms with van der Waals surface area (Å²) in [7, 11) is -1.46. The van der Waals surface area contributed by atoms with Crippen molar-refractivity contribution in [3.63, 3.8) is 0 Å². The Hall–Kier alpha value is -3.80. The molecular formula is C32H43N3O7Si. The molecule has 0 fully saturated rings. The highest BCUT2D eigenvalue weighted by Crippen LogP contribution is 2.37. The van der Waals surface area contributed by atoms with Crippen molar-refractivity contribution in [2.24, 2.45) is 11.3 Å².